The molecule has 29 heavy (non-hydrogen) atoms. The lowest BCUT2D eigenvalue weighted by Gasteiger charge is -2.06. The van der Waals surface area contributed by atoms with Crippen LogP contribution in [0, 0.1) is 0 Å². The number of anilines is 1. The number of nitrogens with zero attached hydrogens (tertiary/aromatic N) is 3. The summed E-state index contributed by atoms with van der Waals surface area (Å²) in [7, 11) is 0. The Kier molecular flexibility index (Phi) is 4.05. The van der Waals surface area contributed by atoms with Crippen molar-refractivity contribution in [1.82, 2.24) is 25.1 Å². The highest BCUT2D eigenvalue weighted by Crippen LogP contribution is 2.31. The molecule has 7 heteroatoms. The molecular formula is C22H18N6O. The molecule has 0 fully saturated rings. The number of aromatic amines is 2. The third kappa shape index (κ3) is 3.12. The molecule has 5 aromatic rings. The molecule has 0 aliphatic rings. The molecule has 7 nitrogen and oxygen atoms in total. The highest BCUT2D eigenvalue weighted by molar-refractivity contribution is 5.97. The van der Waals surface area contributed by atoms with Crippen molar-refractivity contribution in [1.29, 1.82) is 0 Å². The number of carbonyl (C=O) groups is 1. The van der Waals surface area contributed by atoms with Crippen molar-refractivity contribution in [3.8, 4) is 22.6 Å². The van der Waals surface area contributed by atoms with Crippen LogP contribution in [0.1, 0.15) is 13.3 Å². The van der Waals surface area contributed by atoms with E-state index in [1.807, 2.05) is 37.3 Å². The zero-order valence-corrected chi connectivity index (χ0v) is 15.7. The van der Waals surface area contributed by atoms with E-state index < -0.39 is 0 Å². The first-order chi connectivity index (χ1) is 14.2. The molecule has 142 valence electrons. The zero-order valence-electron chi connectivity index (χ0n) is 15.7. The van der Waals surface area contributed by atoms with E-state index in [4.69, 9.17) is 0 Å². The summed E-state index contributed by atoms with van der Waals surface area (Å²) in [5, 5.41) is 12.5. The third-order valence-electron chi connectivity index (χ3n) is 4.87. The predicted molar refractivity (Wildman–Crippen MR) is 113 cm³/mol. The van der Waals surface area contributed by atoms with Gasteiger partial charge in [-0.15, -0.1) is 0 Å². The predicted octanol–water partition coefficient (Wildman–Crippen LogP) is 4.52. The van der Waals surface area contributed by atoms with Crippen molar-refractivity contribution >= 4 is 33.4 Å². The van der Waals surface area contributed by atoms with Gasteiger partial charge in [-0.3, -0.25) is 19.9 Å². The first kappa shape index (κ1) is 17.1. The fourth-order valence-corrected chi connectivity index (χ4v) is 3.38. The Labute approximate surface area is 166 Å². The van der Waals surface area contributed by atoms with Gasteiger partial charge in [-0.1, -0.05) is 25.1 Å². The van der Waals surface area contributed by atoms with Crippen molar-refractivity contribution in [3.63, 3.8) is 0 Å². The standard InChI is InChI=1S/C22H18N6O/c1-2-21(29)25-15-7-14(10-23-11-15)18-9-16-20(12-24-18)27-28-22(16)19-8-13-5-3-4-6-17(13)26-19/h3-12,26H,2H2,1H3,(H,25,29)(H,27,28). The molecule has 0 unspecified atom stereocenters. The SMILES string of the molecule is CCC(=O)Nc1cncc(-c2cc3c(-c4cc5ccccc5[nH]4)n[nH]c3cn2)c1. The lowest BCUT2D eigenvalue weighted by atomic mass is 10.1. The van der Waals surface area contributed by atoms with Crippen molar-refractivity contribution in [2.45, 2.75) is 13.3 Å². The van der Waals surface area contributed by atoms with Crippen LogP contribution in [0.2, 0.25) is 0 Å². The number of nitrogens with one attached hydrogen (secondary N) is 3. The van der Waals surface area contributed by atoms with Gasteiger partial charge in [-0.2, -0.15) is 5.10 Å². The van der Waals surface area contributed by atoms with Crippen LogP contribution >= 0.6 is 0 Å². The molecule has 4 aromatic heterocycles. The first-order valence-electron chi connectivity index (χ1n) is 9.39. The fourth-order valence-electron chi connectivity index (χ4n) is 3.38. The van der Waals surface area contributed by atoms with Crippen LogP contribution in [-0.2, 0) is 4.79 Å². The number of pyridine rings is 2. The van der Waals surface area contributed by atoms with Crippen LogP contribution in [0.4, 0.5) is 5.69 Å². The second-order valence-corrected chi connectivity index (χ2v) is 6.82. The quantitative estimate of drug-likeness (QED) is 0.426. The maximum absolute atomic E-state index is 11.7. The van der Waals surface area contributed by atoms with E-state index in [1.54, 1.807) is 18.6 Å². The number of carbonyl (C=O) groups excluding carboxylic acids is 1. The highest BCUT2D eigenvalue weighted by Gasteiger charge is 2.13. The van der Waals surface area contributed by atoms with Crippen molar-refractivity contribution in [2.75, 3.05) is 5.32 Å². The van der Waals surface area contributed by atoms with Gasteiger partial charge >= 0.3 is 0 Å². The molecule has 3 N–H and O–H groups in total. The topological polar surface area (TPSA) is 99.4 Å². The molecule has 5 rings (SSSR count). The number of amides is 1. The average molecular weight is 382 g/mol. The van der Waals surface area contributed by atoms with Crippen LogP contribution in [-0.4, -0.2) is 31.1 Å². The van der Waals surface area contributed by atoms with Gasteiger partial charge in [0, 0.05) is 34.5 Å². The van der Waals surface area contributed by atoms with Gasteiger partial charge < -0.3 is 10.3 Å². The van der Waals surface area contributed by atoms with E-state index in [1.165, 1.54) is 0 Å². The minimum absolute atomic E-state index is 0.0525. The average Bonchev–Trinajstić information content (AvgIpc) is 3.37. The molecule has 0 spiro atoms. The van der Waals surface area contributed by atoms with Gasteiger partial charge in [0.1, 0.15) is 5.69 Å². The molecule has 0 radical (unpaired) electrons. The van der Waals surface area contributed by atoms with Crippen molar-refractivity contribution in [3.05, 3.63) is 61.1 Å². The molecule has 0 saturated heterocycles. The summed E-state index contributed by atoms with van der Waals surface area (Å²) in [6.07, 6.45) is 5.54. The van der Waals surface area contributed by atoms with E-state index in [-0.39, 0.29) is 5.91 Å². The van der Waals surface area contributed by atoms with E-state index >= 15 is 0 Å². The maximum Gasteiger partial charge on any atom is 0.224 e. The first-order valence-corrected chi connectivity index (χ1v) is 9.39. The van der Waals surface area contributed by atoms with E-state index in [0.717, 1.165) is 44.5 Å². The molecule has 4 heterocycles. The van der Waals surface area contributed by atoms with Crippen LogP contribution in [0.3, 0.4) is 0 Å². The summed E-state index contributed by atoms with van der Waals surface area (Å²) in [6.45, 7) is 1.81. The van der Waals surface area contributed by atoms with Crippen molar-refractivity contribution < 1.29 is 4.79 Å². The number of rotatable bonds is 4. The van der Waals surface area contributed by atoms with Crippen LogP contribution in [0.15, 0.2) is 61.1 Å². The highest BCUT2D eigenvalue weighted by atomic mass is 16.1. The summed E-state index contributed by atoms with van der Waals surface area (Å²) >= 11 is 0. The second kappa shape index (κ2) is 6.87. The molecule has 1 aromatic carbocycles. The largest absolute Gasteiger partial charge is 0.353 e. The van der Waals surface area contributed by atoms with Gasteiger partial charge in [0.25, 0.3) is 0 Å². The number of para-hydroxylation sites is 1. The third-order valence-corrected chi connectivity index (χ3v) is 4.87. The summed E-state index contributed by atoms with van der Waals surface area (Å²) in [6, 6.07) is 14.1. The summed E-state index contributed by atoms with van der Waals surface area (Å²) in [4.78, 5) is 23.9. The Bertz CT molecular complexity index is 1320. The van der Waals surface area contributed by atoms with E-state index in [9.17, 15) is 4.79 Å². The summed E-state index contributed by atoms with van der Waals surface area (Å²) in [5.41, 5.74) is 5.93. The minimum atomic E-state index is -0.0525. The fraction of sp³-hybridized carbons (Fsp3) is 0.0909. The van der Waals surface area contributed by atoms with Crippen LogP contribution in [0.25, 0.3) is 44.5 Å². The second-order valence-electron chi connectivity index (χ2n) is 6.82. The molecule has 1 amide bonds. The summed E-state index contributed by atoms with van der Waals surface area (Å²) in [5.74, 6) is -0.0525. The molecule has 0 aliphatic heterocycles. The molecular weight excluding hydrogens is 364 g/mol. The normalized spacial score (nSPS) is 11.2. The van der Waals surface area contributed by atoms with Gasteiger partial charge in [0.15, 0.2) is 0 Å². The number of aromatic nitrogens is 5. The number of hydrogen-bond donors (Lipinski definition) is 3. The number of benzene rings is 1. The number of H-pyrrole nitrogens is 2. The number of fused-ring (bicyclic) bond motifs is 2. The summed E-state index contributed by atoms with van der Waals surface area (Å²) < 4.78 is 0. The smallest absolute Gasteiger partial charge is 0.224 e. The van der Waals surface area contributed by atoms with Crippen LogP contribution < -0.4 is 5.32 Å². The Hall–Kier alpha value is -4.00. The van der Waals surface area contributed by atoms with Gasteiger partial charge in [-0.05, 0) is 24.3 Å². The van der Waals surface area contributed by atoms with Gasteiger partial charge in [0.05, 0.1) is 35.0 Å². The maximum atomic E-state index is 11.7. The Morgan fingerprint density at radius 1 is 1.07 bits per heavy atom. The van der Waals surface area contributed by atoms with E-state index in [0.29, 0.717) is 12.1 Å². The number of hydrogen-bond acceptors (Lipinski definition) is 4. The van der Waals surface area contributed by atoms with Gasteiger partial charge in [0.2, 0.25) is 5.91 Å². The van der Waals surface area contributed by atoms with Crippen molar-refractivity contribution in [2.24, 2.45) is 0 Å². The molecule has 0 atom stereocenters. The molecule has 0 aliphatic carbocycles. The Balaban J connectivity index is 1.58. The Morgan fingerprint density at radius 3 is 2.83 bits per heavy atom. The minimum Gasteiger partial charge on any atom is -0.353 e. The van der Waals surface area contributed by atoms with E-state index in [2.05, 4.69) is 42.6 Å². The zero-order chi connectivity index (χ0) is 19.8. The molecule has 0 saturated carbocycles. The lowest BCUT2D eigenvalue weighted by molar-refractivity contribution is -0.115. The lowest BCUT2D eigenvalue weighted by Crippen LogP contribution is -2.09. The van der Waals surface area contributed by atoms with Crippen LogP contribution in [0.5, 0.6) is 0 Å². The van der Waals surface area contributed by atoms with Gasteiger partial charge in [-0.25, -0.2) is 0 Å². The Morgan fingerprint density at radius 2 is 1.97 bits per heavy atom. The molecule has 0 bridgehead atoms. The monoisotopic (exact) mass is 382 g/mol.